The third kappa shape index (κ3) is 5.13. The predicted molar refractivity (Wildman–Crippen MR) is 144 cm³/mol. The largest absolute Gasteiger partial charge is 0.508 e. The highest BCUT2D eigenvalue weighted by Gasteiger charge is 2.12. The molecule has 0 amide bonds. The van der Waals surface area contributed by atoms with Crippen LogP contribution in [0.2, 0.25) is 0 Å². The van der Waals surface area contributed by atoms with Gasteiger partial charge in [-0.3, -0.25) is 4.79 Å². The Bertz CT molecular complexity index is 1410. The van der Waals surface area contributed by atoms with Gasteiger partial charge in [-0.2, -0.15) is 0 Å². The van der Waals surface area contributed by atoms with Crippen LogP contribution in [0.15, 0.2) is 127 Å². The first-order chi connectivity index (χ1) is 17.6. The van der Waals surface area contributed by atoms with Crippen LogP contribution in [0.25, 0.3) is 11.1 Å². The van der Waals surface area contributed by atoms with Crippen LogP contribution in [-0.2, 0) is 6.54 Å². The van der Waals surface area contributed by atoms with Gasteiger partial charge in [0.05, 0.1) is 0 Å². The Morgan fingerprint density at radius 3 is 1.69 bits per heavy atom. The third-order valence-electron chi connectivity index (χ3n) is 6.11. The summed E-state index contributed by atoms with van der Waals surface area (Å²) in [6.07, 6.45) is 0. The van der Waals surface area contributed by atoms with Crippen molar-refractivity contribution in [3.05, 3.63) is 144 Å². The molecule has 0 unspecified atom stereocenters. The first-order valence-corrected chi connectivity index (χ1v) is 11.7. The van der Waals surface area contributed by atoms with E-state index in [4.69, 9.17) is 0 Å². The average molecular weight is 472 g/mol. The van der Waals surface area contributed by atoms with E-state index in [-0.39, 0.29) is 17.3 Å². The molecule has 0 aromatic heterocycles. The van der Waals surface area contributed by atoms with Gasteiger partial charge in [0, 0.05) is 29.0 Å². The molecule has 4 heteroatoms. The van der Waals surface area contributed by atoms with Gasteiger partial charge in [-0.05, 0) is 71.3 Å². The molecule has 5 rings (SSSR count). The van der Waals surface area contributed by atoms with E-state index in [1.807, 2.05) is 84.9 Å². The summed E-state index contributed by atoms with van der Waals surface area (Å²) in [6.45, 7) is 0.591. The second-order valence-corrected chi connectivity index (χ2v) is 8.59. The topological polar surface area (TPSA) is 60.8 Å². The SMILES string of the molecule is O=C(c1ccccc1)c1ccc(-c2cccc(CN(c3ccc(O)cc3)c3ccc(O)cc3)c2)cc1. The summed E-state index contributed by atoms with van der Waals surface area (Å²) in [5, 5.41) is 19.5. The molecule has 0 radical (unpaired) electrons. The second kappa shape index (κ2) is 10.2. The number of rotatable bonds is 7. The van der Waals surface area contributed by atoms with Crippen LogP contribution in [0.1, 0.15) is 21.5 Å². The number of nitrogens with zero attached hydrogens (tertiary/aromatic N) is 1. The van der Waals surface area contributed by atoms with Crippen molar-refractivity contribution in [3.63, 3.8) is 0 Å². The number of carbonyl (C=O) groups is 1. The van der Waals surface area contributed by atoms with Gasteiger partial charge < -0.3 is 15.1 Å². The lowest BCUT2D eigenvalue weighted by molar-refractivity contribution is 0.103. The summed E-state index contributed by atoms with van der Waals surface area (Å²) in [7, 11) is 0. The van der Waals surface area contributed by atoms with Gasteiger partial charge in [-0.25, -0.2) is 0 Å². The Morgan fingerprint density at radius 1 is 0.556 bits per heavy atom. The Kier molecular flexibility index (Phi) is 6.50. The minimum Gasteiger partial charge on any atom is -0.508 e. The minimum atomic E-state index is 0.00865. The molecule has 0 aliphatic carbocycles. The Morgan fingerprint density at radius 2 is 1.11 bits per heavy atom. The Balaban J connectivity index is 1.41. The van der Waals surface area contributed by atoms with Crippen LogP contribution in [0.5, 0.6) is 11.5 Å². The minimum absolute atomic E-state index is 0.00865. The van der Waals surface area contributed by atoms with Crippen molar-refractivity contribution in [2.75, 3.05) is 4.90 Å². The van der Waals surface area contributed by atoms with Crippen molar-refractivity contribution in [2.24, 2.45) is 0 Å². The third-order valence-corrected chi connectivity index (χ3v) is 6.11. The molecule has 0 aliphatic rings. The molecule has 0 fully saturated rings. The smallest absolute Gasteiger partial charge is 0.193 e. The molecule has 0 spiro atoms. The van der Waals surface area contributed by atoms with Gasteiger partial charge in [0.1, 0.15) is 11.5 Å². The Labute approximate surface area is 210 Å². The Hall–Kier alpha value is -4.83. The van der Waals surface area contributed by atoms with Crippen molar-refractivity contribution in [2.45, 2.75) is 6.54 Å². The summed E-state index contributed by atoms with van der Waals surface area (Å²) < 4.78 is 0. The van der Waals surface area contributed by atoms with Crippen LogP contribution in [0, 0.1) is 0 Å². The van der Waals surface area contributed by atoms with Gasteiger partial charge >= 0.3 is 0 Å². The summed E-state index contributed by atoms with van der Waals surface area (Å²) >= 11 is 0. The molecule has 0 saturated carbocycles. The fraction of sp³-hybridized carbons (Fsp3) is 0.0312. The predicted octanol–water partition coefficient (Wildman–Crippen LogP) is 7.33. The van der Waals surface area contributed by atoms with Crippen molar-refractivity contribution in [1.82, 2.24) is 0 Å². The van der Waals surface area contributed by atoms with Crippen molar-refractivity contribution in [1.29, 1.82) is 0 Å². The lowest BCUT2D eigenvalue weighted by Gasteiger charge is -2.25. The van der Waals surface area contributed by atoms with E-state index in [2.05, 4.69) is 23.1 Å². The molecule has 176 valence electrons. The first kappa shape index (κ1) is 22.9. The van der Waals surface area contributed by atoms with E-state index in [9.17, 15) is 15.0 Å². The molecular weight excluding hydrogens is 446 g/mol. The number of phenolic OH excluding ortho intramolecular Hbond substituents is 2. The van der Waals surface area contributed by atoms with Crippen LogP contribution in [0.4, 0.5) is 11.4 Å². The lowest BCUT2D eigenvalue weighted by Crippen LogP contribution is -2.16. The molecule has 5 aromatic carbocycles. The van der Waals surface area contributed by atoms with Crippen LogP contribution in [0.3, 0.4) is 0 Å². The summed E-state index contributed by atoms with van der Waals surface area (Å²) in [4.78, 5) is 14.9. The first-order valence-electron chi connectivity index (χ1n) is 11.7. The number of hydrogen-bond acceptors (Lipinski definition) is 4. The number of phenols is 2. The summed E-state index contributed by atoms with van der Waals surface area (Å²) in [5.74, 6) is 0.426. The van der Waals surface area contributed by atoms with E-state index in [1.165, 1.54) is 0 Å². The molecular formula is C32H25NO3. The standard InChI is InChI=1S/C32H25NO3/c34-30-17-13-28(14-18-30)33(29-15-19-31(35)20-16-29)22-23-5-4-8-27(21-23)24-9-11-26(12-10-24)32(36)25-6-2-1-3-7-25/h1-21,34-35H,22H2. The van der Waals surface area contributed by atoms with Crippen LogP contribution >= 0.6 is 0 Å². The van der Waals surface area contributed by atoms with E-state index in [0.717, 1.165) is 28.1 Å². The van der Waals surface area contributed by atoms with Gasteiger partial charge in [0.2, 0.25) is 0 Å². The van der Waals surface area contributed by atoms with Crippen LogP contribution in [-0.4, -0.2) is 16.0 Å². The molecule has 0 atom stereocenters. The fourth-order valence-electron chi connectivity index (χ4n) is 4.20. The highest BCUT2D eigenvalue weighted by Crippen LogP contribution is 2.31. The number of hydrogen-bond donors (Lipinski definition) is 2. The monoisotopic (exact) mass is 471 g/mol. The van der Waals surface area contributed by atoms with E-state index in [0.29, 0.717) is 17.7 Å². The highest BCUT2D eigenvalue weighted by atomic mass is 16.3. The van der Waals surface area contributed by atoms with Crippen LogP contribution < -0.4 is 4.90 Å². The van der Waals surface area contributed by atoms with E-state index in [1.54, 1.807) is 24.3 Å². The number of aromatic hydroxyl groups is 2. The maximum Gasteiger partial charge on any atom is 0.193 e. The molecule has 0 heterocycles. The maximum atomic E-state index is 12.7. The van der Waals surface area contributed by atoms with E-state index < -0.39 is 0 Å². The fourth-order valence-corrected chi connectivity index (χ4v) is 4.20. The molecule has 5 aromatic rings. The molecule has 0 saturated heterocycles. The number of anilines is 2. The van der Waals surface area contributed by atoms with Crippen molar-refractivity contribution < 1.29 is 15.0 Å². The normalized spacial score (nSPS) is 10.7. The maximum absolute atomic E-state index is 12.7. The molecule has 0 bridgehead atoms. The van der Waals surface area contributed by atoms with Gasteiger partial charge in [0.15, 0.2) is 5.78 Å². The van der Waals surface area contributed by atoms with Crippen molar-refractivity contribution >= 4 is 17.2 Å². The van der Waals surface area contributed by atoms with Crippen molar-refractivity contribution in [3.8, 4) is 22.6 Å². The zero-order chi connectivity index (χ0) is 24.9. The van der Waals surface area contributed by atoms with E-state index >= 15 is 0 Å². The van der Waals surface area contributed by atoms with Gasteiger partial charge in [-0.1, -0.05) is 72.8 Å². The average Bonchev–Trinajstić information content (AvgIpc) is 2.93. The zero-order valence-corrected chi connectivity index (χ0v) is 19.6. The number of carbonyl (C=O) groups excluding carboxylic acids is 1. The van der Waals surface area contributed by atoms with Gasteiger partial charge in [0.25, 0.3) is 0 Å². The number of benzene rings is 5. The molecule has 36 heavy (non-hydrogen) atoms. The summed E-state index contributed by atoms with van der Waals surface area (Å²) in [6, 6.07) is 39.4. The molecule has 2 N–H and O–H groups in total. The zero-order valence-electron chi connectivity index (χ0n) is 19.6. The number of ketones is 1. The molecule has 4 nitrogen and oxygen atoms in total. The second-order valence-electron chi connectivity index (χ2n) is 8.59. The van der Waals surface area contributed by atoms with Gasteiger partial charge in [-0.15, -0.1) is 0 Å². The highest BCUT2D eigenvalue weighted by molar-refractivity contribution is 6.09. The lowest BCUT2D eigenvalue weighted by atomic mass is 9.98. The quantitative estimate of drug-likeness (QED) is 0.244. The summed E-state index contributed by atoms with van der Waals surface area (Å²) in [5.41, 5.74) is 6.37. The molecule has 0 aliphatic heterocycles.